The van der Waals surface area contributed by atoms with Crippen molar-refractivity contribution in [2.24, 2.45) is 0 Å². The van der Waals surface area contributed by atoms with E-state index in [1.54, 1.807) is 25.8 Å². The van der Waals surface area contributed by atoms with Gasteiger partial charge in [-0.25, -0.2) is 0 Å². The van der Waals surface area contributed by atoms with Crippen molar-refractivity contribution in [3.63, 3.8) is 0 Å². The molecule has 0 heterocycles. The van der Waals surface area contributed by atoms with E-state index in [0.717, 1.165) is 18.6 Å². The van der Waals surface area contributed by atoms with Gasteiger partial charge < -0.3 is 9.84 Å². The summed E-state index contributed by atoms with van der Waals surface area (Å²) in [6, 6.07) is 0.411. The molecule has 15 heavy (non-hydrogen) atoms. The second-order valence-electron chi connectivity index (χ2n) is 4.10. The van der Waals surface area contributed by atoms with Crippen LogP contribution in [-0.4, -0.2) is 47.9 Å². The number of ether oxygens (including phenoxy) is 1. The Bertz CT molecular complexity index is 221. The summed E-state index contributed by atoms with van der Waals surface area (Å²) in [5.74, 6) is 0.660. The molecule has 1 fully saturated rings. The number of aliphatic carboxylic acids is 1. The average molecular weight is 233 g/mol. The number of hydrogen-bond acceptors (Lipinski definition) is 4. The van der Waals surface area contributed by atoms with Crippen LogP contribution in [0.3, 0.4) is 0 Å². The van der Waals surface area contributed by atoms with Gasteiger partial charge in [0.2, 0.25) is 0 Å². The minimum absolute atomic E-state index is 0.411. The van der Waals surface area contributed by atoms with E-state index in [0.29, 0.717) is 18.4 Å². The third-order valence-corrected chi connectivity index (χ3v) is 3.63. The summed E-state index contributed by atoms with van der Waals surface area (Å²) >= 11 is 1.61. The molecule has 0 amide bonds. The van der Waals surface area contributed by atoms with Gasteiger partial charge >= 0.3 is 5.97 Å². The van der Waals surface area contributed by atoms with Crippen molar-refractivity contribution in [1.82, 2.24) is 5.32 Å². The van der Waals surface area contributed by atoms with Gasteiger partial charge in [0, 0.05) is 24.7 Å². The Morgan fingerprint density at radius 1 is 1.67 bits per heavy atom. The van der Waals surface area contributed by atoms with Crippen molar-refractivity contribution in [3.05, 3.63) is 0 Å². The second kappa shape index (κ2) is 5.72. The van der Waals surface area contributed by atoms with Crippen LogP contribution in [-0.2, 0) is 9.53 Å². The van der Waals surface area contributed by atoms with E-state index in [4.69, 9.17) is 9.84 Å². The molecule has 0 radical (unpaired) electrons. The maximum absolute atomic E-state index is 11.1. The van der Waals surface area contributed by atoms with Crippen molar-refractivity contribution >= 4 is 17.7 Å². The normalized spacial score (nSPS) is 19.9. The summed E-state index contributed by atoms with van der Waals surface area (Å²) in [6.07, 6.45) is 2.21. The van der Waals surface area contributed by atoms with E-state index in [-0.39, 0.29) is 0 Å². The summed E-state index contributed by atoms with van der Waals surface area (Å²) in [5, 5.41) is 12.3. The Kier molecular flexibility index (Phi) is 4.89. The summed E-state index contributed by atoms with van der Waals surface area (Å²) in [7, 11) is 1.65. The molecular formula is C10H19NO3S. The highest BCUT2D eigenvalue weighted by molar-refractivity contribution is 7.99. The number of carbonyl (C=O) groups is 1. The lowest BCUT2D eigenvalue weighted by Gasteiger charge is -2.25. The monoisotopic (exact) mass is 233 g/mol. The number of carboxylic acid groups (broad SMARTS) is 1. The lowest BCUT2D eigenvalue weighted by atomic mass is 10.1. The Labute approximate surface area is 94.8 Å². The summed E-state index contributed by atoms with van der Waals surface area (Å²) in [4.78, 5) is 11.1. The zero-order chi connectivity index (χ0) is 11.3. The van der Waals surface area contributed by atoms with Gasteiger partial charge in [-0.1, -0.05) is 0 Å². The van der Waals surface area contributed by atoms with E-state index in [2.05, 4.69) is 5.32 Å². The molecule has 5 heteroatoms. The number of nitrogens with one attached hydrogen (secondary N) is 1. The van der Waals surface area contributed by atoms with Crippen LogP contribution in [0.4, 0.5) is 0 Å². The second-order valence-corrected chi connectivity index (χ2v) is 5.21. The van der Waals surface area contributed by atoms with E-state index >= 15 is 0 Å². The minimum Gasteiger partial charge on any atom is -0.480 e. The van der Waals surface area contributed by atoms with Gasteiger partial charge in [0.05, 0.1) is 6.61 Å². The quantitative estimate of drug-likeness (QED) is 0.612. The average Bonchev–Trinajstić information content (AvgIpc) is 2.96. The lowest BCUT2D eigenvalue weighted by Crippen LogP contribution is -2.52. The predicted molar refractivity (Wildman–Crippen MR) is 61.4 cm³/mol. The SMILES string of the molecule is COCCSCC(C)(NC1CC1)C(=O)O. The maximum Gasteiger partial charge on any atom is 0.324 e. The molecule has 4 nitrogen and oxygen atoms in total. The highest BCUT2D eigenvalue weighted by atomic mass is 32.2. The zero-order valence-corrected chi connectivity index (χ0v) is 10.1. The van der Waals surface area contributed by atoms with E-state index in [1.807, 2.05) is 0 Å². The molecule has 0 bridgehead atoms. The molecule has 1 unspecified atom stereocenters. The molecular weight excluding hydrogens is 214 g/mol. The van der Waals surface area contributed by atoms with Crippen LogP contribution in [0, 0.1) is 0 Å². The van der Waals surface area contributed by atoms with Gasteiger partial charge in [0.25, 0.3) is 0 Å². The molecule has 1 aliphatic carbocycles. The third-order valence-electron chi connectivity index (χ3n) is 2.39. The largest absolute Gasteiger partial charge is 0.480 e. The van der Waals surface area contributed by atoms with Gasteiger partial charge in [-0.15, -0.1) is 0 Å². The van der Waals surface area contributed by atoms with Crippen molar-refractivity contribution in [2.45, 2.75) is 31.3 Å². The molecule has 0 aromatic rings. The lowest BCUT2D eigenvalue weighted by molar-refractivity contribution is -0.143. The first kappa shape index (κ1) is 12.8. The van der Waals surface area contributed by atoms with E-state index < -0.39 is 11.5 Å². The molecule has 2 N–H and O–H groups in total. The fourth-order valence-corrected chi connectivity index (χ4v) is 2.31. The molecule has 1 rings (SSSR count). The molecule has 0 spiro atoms. The van der Waals surface area contributed by atoms with Crippen LogP contribution in [0.5, 0.6) is 0 Å². The molecule has 1 aliphatic rings. The first-order valence-electron chi connectivity index (χ1n) is 5.16. The number of carboxylic acids is 1. The fourth-order valence-electron chi connectivity index (χ4n) is 1.26. The summed E-state index contributed by atoms with van der Waals surface area (Å²) in [6.45, 7) is 2.43. The van der Waals surface area contributed by atoms with E-state index in [9.17, 15) is 4.79 Å². The Morgan fingerprint density at radius 3 is 2.80 bits per heavy atom. The summed E-state index contributed by atoms with van der Waals surface area (Å²) in [5.41, 5.74) is -0.792. The Hall–Kier alpha value is -0.260. The number of hydrogen-bond donors (Lipinski definition) is 2. The molecule has 0 aliphatic heterocycles. The molecule has 0 aromatic heterocycles. The van der Waals surface area contributed by atoms with Crippen LogP contribution in [0.15, 0.2) is 0 Å². The smallest absolute Gasteiger partial charge is 0.324 e. The Morgan fingerprint density at radius 2 is 2.33 bits per heavy atom. The number of thioether (sulfide) groups is 1. The van der Waals surface area contributed by atoms with Gasteiger partial charge in [0.1, 0.15) is 5.54 Å². The van der Waals surface area contributed by atoms with Crippen LogP contribution in [0.1, 0.15) is 19.8 Å². The van der Waals surface area contributed by atoms with Gasteiger partial charge in [-0.05, 0) is 19.8 Å². The highest BCUT2D eigenvalue weighted by Crippen LogP contribution is 2.24. The predicted octanol–water partition coefficient (Wildman–Crippen LogP) is 0.961. The van der Waals surface area contributed by atoms with Crippen LogP contribution in [0.25, 0.3) is 0 Å². The van der Waals surface area contributed by atoms with Gasteiger partial charge in [0.15, 0.2) is 0 Å². The van der Waals surface area contributed by atoms with Crippen LogP contribution >= 0.6 is 11.8 Å². The van der Waals surface area contributed by atoms with E-state index in [1.165, 1.54) is 0 Å². The fraction of sp³-hybridized carbons (Fsp3) is 0.900. The molecule has 1 atom stereocenters. The summed E-state index contributed by atoms with van der Waals surface area (Å²) < 4.78 is 4.92. The maximum atomic E-state index is 11.1. The van der Waals surface area contributed by atoms with Gasteiger partial charge in [-0.3, -0.25) is 10.1 Å². The van der Waals surface area contributed by atoms with Crippen molar-refractivity contribution < 1.29 is 14.6 Å². The highest BCUT2D eigenvalue weighted by Gasteiger charge is 2.38. The van der Waals surface area contributed by atoms with Crippen LogP contribution < -0.4 is 5.32 Å². The van der Waals surface area contributed by atoms with Crippen LogP contribution in [0.2, 0.25) is 0 Å². The third kappa shape index (κ3) is 4.40. The first-order valence-corrected chi connectivity index (χ1v) is 6.32. The topological polar surface area (TPSA) is 58.6 Å². The Balaban J connectivity index is 2.31. The number of rotatable bonds is 8. The van der Waals surface area contributed by atoms with Crippen molar-refractivity contribution in [2.75, 3.05) is 25.2 Å². The van der Waals surface area contributed by atoms with Crippen molar-refractivity contribution in [3.8, 4) is 0 Å². The molecule has 0 saturated heterocycles. The first-order chi connectivity index (χ1) is 7.08. The molecule has 1 saturated carbocycles. The standard InChI is InChI=1S/C10H19NO3S/c1-10(9(12)13,11-8-3-4-8)7-15-6-5-14-2/h8,11H,3-7H2,1-2H3,(H,12,13). The molecule has 88 valence electrons. The van der Waals surface area contributed by atoms with Crippen molar-refractivity contribution in [1.29, 1.82) is 0 Å². The minimum atomic E-state index is -0.792. The zero-order valence-electron chi connectivity index (χ0n) is 9.28. The number of methoxy groups -OCH3 is 1. The molecule has 0 aromatic carbocycles. The van der Waals surface area contributed by atoms with Gasteiger partial charge in [-0.2, -0.15) is 11.8 Å².